The number of carbonyl (C=O) groups excluding carboxylic acids is 1. The lowest BCUT2D eigenvalue weighted by molar-refractivity contribution is -0.154. The maximum absolute atomic E-state index is 11.6. The van der Waals surface area contributed by atoms with Crippen LogP contribution in [0.25, 0.3) is 0 Å². The molecule has 0 radical (unpaired) electrons. The number of carbonyl (C=O) groups is 1. The number of rotatable bonds is 3. The summed E-state index contributed by atoms with van der Waals surface area (Å²) in [6.07, 6.45) is 1.82. The first-order valence-electron chi connectivity index (χ1n) is 4.94. The third-order valence-corrected chi connectivity index (χ3v) is 2.59. The highest BCUT2D eigenvalue weighted by Crippen LogP contribution is 2.30. The molecule has 3 nitrogen and oxygen atoms in total. The molecule has 0 bridgehead atoms. The van der Waals surface area contributed by atoms with Crippen LogP contribution in [0.5, 0.6) is 0 Å². The second-order valence-electron chi connectivity index (χ2n) is 4.18. The molecule has 0 spiro atoms. The Balaban J connectivity index is 2.45. The molecule has 0 aliphatic carbocycles. The Bertz CT molecular complexity index is 193. The van der Waals surface area contributed by atoms with E-state index in [2.05, 4.69) is 4.90 Å². The van der Waals surface area contributed by atoms with Gasteiger partial charge in [0, 0.05) is 6.54 Å². The number of hydrogen-bond acceptors (Lipinski definition) is 3. The molecule has 0 aromatic carbocycles. The van der Waals surface area contributed by atoms with Crippen molar-refractivity contribution in [2.24, 2.45) is 5.41 Å². The van der Waals surface area contributed by atoms with Gasteiger partial charge >= 0.3 is 5.97 Å². The molecule has 0 aromatic rings. The standard InChI is InChI=1S/C10H19NO2/c1-4-7-13-9(12)10(2)5-6-11(3)8-10/h4-8H2,1-3H3. The highest BCUT2D eigenvalue weighted by Gasteiger charge is 2.40. The minimum Gasteiger partial charge on any atom is -0.465 e. The van der Waals surface area contributed by atoms with Crippen molar-refractivity contribution >= 4 is 5.97 Å². The fourth-order valence-corrected chi connectivity index (χ4v) is 1.73. The van der Waals surface area contributed by atoms with Gasteiger partial charge in [0.25, 0.3) is 0 Å². The number of esters is 1. The molecule has 1 unspecified atom stereocenters. The Morgan fingerprint density at radius 3 is 2.77 bits per heavy atom. The maximum Gasteiger partial charge on any atom is 0.313 e. The summed E-state index contributed by atoms with van der Waals surface area (Å²) in [4.78, 5) is 13.8. The Morgan fingerprint density at radius 2 is 2.31 bits per heavy atom. The summed E-state index contributed by atoms with van der Waals surface area (Å²) in [5.41, 5.74) is -0.260. The molecule has 76 valence electrons. The van der Waals surface area contributed by atoms with Crippen LogP contribution in [0.2, 0.25) is 0 Å². The largest absolute Gasteiger partial charge is 0.465 e. The van der Waals surface area contributed by atoms with Crippen LogP contribution in [0, 0.1) is 5.41 Å². The molecule has 3 heteroatoms. The molecular weight excluding hydrogens is 166 g/mol. The smallest absolute Gasteiger partial charge is 0.313 e. The zero-order valence-corrected chi connectivity index (χ0v) is 8.80. The third kappa shape index (κ3) is 2.44. The molecule has 1 saturated heterocycles. The third-order valence-electron chi connectivity index (χ3n) is 2.59. The number of ether oxygens (including phenoxy) is 1. The summed E-state index contributed by atoms with van der Waals surface area (Å²) in [5.74, 6) is -0.0290. The van der Waals surface area contributed by atoms with E-state index in [4.69, 9.17) is 4.74 Å². The van der Waals surface area contributed by atoms with Crippen LogP contribution < -0.4 is 0 Å². The highest BCUT2D eigenvalue weighted by atomic mass is 16.5. The Labute approximate surface area is 80.1 Å². The first-order valence-corrected chi connectivity index (χ1v) is 4.94. The van der Waals surface area contributed by atoms with E-state index in [-0.39, 0.29) is 11.4 Å². The van der Waals surface area contributed by atoms with E-state index in [0.717, 1.165) is 25.9 Å². The van der Waals surface area contributed by atoms with E-state index in [1.165, 1.54) is 0 Å². The molecule has 0 amide bonds. The lowest BCUT2D eigenvalue weighted by Gasteiger charge is -2.21. The maximum atomic E-state index is 11.6. The van der Waals surface area contributed by atoms with Crippen molar-refractivity contribution in [1.82, 2.24) is 4.90 Å². The molecule has 1 atom stereocenters. The van der Waals surface area contributed by atoms with E-state index in [1.807, 2.05) is 20.9 Å². The lowest BCUT2D eigenvalue weighted by Crippen LogP contribution is -2.32. The molecular formula is C10H19NO2. The number of likely N-dealkylation sites (tertiary alicyclic amines) is 1. The van der Waals surface area contributed by atoms with Crippen LogP contribution in [0.4, 0.5) is 0 Å². The van der Waals surface area contributed by atoms with Gasteiger partial charge in [0.05, 0.1) is 12.0 Å². The van der Waals surface area contributed by atoms with Crippen molar-refractivity contribution in [3.05, 3.63) is 0 Å². The van der Waals surface area contributed by atoms with Gasteiger partial charge in [-0.25, -0.2) is 0 Å². The molecule has 13 heavy (non-hydrogen) atoms. The minimum atomic E-state index is -0.260. The van der Waals surface area contributed by atoms with Crippen LogP contribution in [0.1, 0.15) is 26.7 Å². The van der Waals surface area contributed by atoms with Gasteiger partial charge < -0.3 is 9.64 Å². The molecule has 1 aliphatic heterocycles. The predicted octanol–water partition coefficient (Wildman–Crippen LogP) is 1.28. The van der Waals surface area contributed by atoms with Crippen LogP contribution in [-0.4, -0.2) is 37.6 Å². The van der Waals surface area contributed by atoms with Crippen LogP contribution in [0.15, 0.2) is 0 Å². The zero-order valence-electron chi connectivity index (χ0n) is 8.80. The van der Waals surface area contributed by atoms with E-state index in [1.54, 1.807) is 0 Å². The normalized spacial score (nSPS) is 29.2. The van der Waals surface area contributed by atoms with Gasteiger partial charge in [0.1, 0.15) is 0 Å². The molecule has 0 aromatic heterocycles. The number of nitrogens with zero attached hydrogens (tertiary/aromatic N) is 1. The van der Waals surface area contributed by atoms with Crippen molar-refractivity contribution < 1.29 is 9.53 Å². The molecule has 1 heterocycles. The van der Waals surface area contributed by atoms with Crippen molar-refractivity contribution in [3.63, 3.8) is 0 Å². The van der Waals surface area contributed by atoms with Gasteiger partial charge in [-0.1, -0.05) is 6.92 Å². The molecule has 1 aliphatic rings. The highest BCUT2D eigenvalue weighted by molar-refractivity contribution is 5.77. The van der Waals surface area contributed by atoms with E-state index in [9.17, 15) is 4.79 Å². The summed E-state index contributed by atoms with van der Waals surface area (Å²) in [7, 11) is 2.04. The van der Waals surface area contributed by atoms with Crippen molar-refractivity contribution in [2.45, 2.75) is 26.7 Å². The van der Waals surface area contributed by atoms with Gasteiger partial charge in [0.2, 0.25) is 0 Å². The van der Waals surface area contributed by atoms with E-state index >= 15 is 0 Å². The summed E-state index contributed by atoms with van der Waals surface area (Å²) in [5, 5.41) is 0. The fraction of sp³-hybridized carbons (Fsp3) is 0.900. The van der Waals surface area contributed by atoms with Gasteiger partial charge in [-0.05, 0) is 33.4 Å². The average Bonchev–Trinajstić information content (AvgIpc) is 2.43. The summed E-state index contributed by atoms with van der Waals surface area (Å²) in [6.45, 7) is 6.39. The molecule has 1 fully saturated rings. The summed E-state index contributed by atoms with van der Waals surface area (Å²) < 4.78 is 5.16. The Morgan fingerprint density at radius 1 is 1.62 bits per heavy atom. The van der Waals surface area contributed by atoms with Gasteiger partial charge in [-0.3, -0.25) is 4.79 Å². The minimum absolute atomic E-state index is 0.0290. The lowest BCUT2D eigenvalue weighted by atomic mass is 9.90. The van der Waals surface area contributed by atoms with Gasteiger partial charge in [-0.2, -0.15) is 0 Å². The van der Waals surface area contributed by atoms with E-state index in [0.29, 0.717) is 6.61 Å². The predicted molar refractivity (Wildman–Crippen MR) is 51.5 cm³/mol. The van der Waals surface area contributed by atoms with Crippen molar-refractivity contribution in [1.29, 1.82) is 0 Å². The average molecular weight is 185 g/mol. The van der Waals surface area contributed by atoms with E-state index < -0.39 is 0 Å². The second-order valence-corrected chi connectivity index (χ2v) is 4.18. The van der Waals surface area contributed by atoms with Crippen LogP contribution >= 0.6 is 0 Å². The van der Waals surface area contributed by atoms with Gasteiger partial charge in [-0.15, -0.1) is 0 Å². The van der Waals surface area contributed by atoms with Crippen LogP contribution in [0.3, 0.4) is 0 Å². The molecule has 1 rings (SSSR count). The summed E-state index contributed by atoms with van der Waals surface area (Å²) >= 11 is 0. The first-order chi connectivity index (χ1) is 6.08. The summed E-state index contributed by atoms with van der Waals surface area (Å²) in [6, 6.07) is 0. The topological polar surface area (TPSA) is 29.5 Å². The van der Waals surface area contributed by atoms with Crippen LogP contribution in [-0.2, 0) is 9.53 Å². The van der Waals surface area contributed by atoms with Crippen molar-refractivity contribution in [2.75, 3.05) is 26.7 Å². The Hall–Kier alpha value is -0.570. The monoisotopic (exact) mass is 185 g/mol. The molecule has 0 saturated carbocycles. The quantitative estimate of drug-likeness (QED) is 0.620. The SMILES string of the molecule is CCCOC(=O)C1(C)CCN(C)C1. The fourth-order valence-electron chi connectivity index (χ4n) is 1.73. The Kier molecular flexibility index (Phi) is 3.31. The second kappa shape index (κ2) is 4.09. The number of hydrogen-bond donors (Lipinski definition) is 0. The zero-order chi connectivity index (χ0) is 9.90. The molecule has 0 N–H and O–H groups in total. The van der Waals surface area contributed by atoms with Crippen molar-refractivity contribution in [3.8, 4) is 0 Å². The first kappa shape index (κ1) is 10.5. The van der Waals surface area contributed by atoms with Gasteiger partial charge in [0.15, 0.2) is 0 Å².